The summed E-state index contributed by atoms with van der Waals surface area (Å²) in [7, 11) is 3.11. The Morgan fingerprint density at radius 2 is 1.81 bits per heavy atom. The summed E-state index contributed by atoms with van der Waals surface area (Å²) in [5.74, 6) is -8.49. The molecule has 7 unspecified atom stereocenters. The zero-order chi connectivity index (χ0) is 26.4. The number of nitrogens with zero attached hydrogens (tertiary/aromatic N) is 1. The predicted octanol–water partition coefficient (Wildman–Crippen LogP) is 0.727. The van der Waals surface area contributed by atoms with Gasteiger partial charge in [0.25, 0.3) is 5.91 Å². The third-order valence-electron chi connectivity index (χ3n) is 8.69. The molecule has 0 bridgehead atoms. The van der Waals surface area contributed by atoms with Gasteiger partial charge in [-0.1, -0.05) is 19.1 Å². The number of fused-ring (bicyclic) bond motifs is 3. The van der Waals surface area contributed by atoms with E-state index >= 15 is 0 Å². The van der Waals surface area contributed by atoms with Crippen molar-refractivity contribution in [3.05, 3.63) is 46.2 Å². The molecular formula is C26H30N2O8. The van der Waals surface area contributed by atoms with Gasteiger partial charge in [-0.2, -0.15) is 0 Å². The Kier molecular flexibility index (Phi) is 5.37. The maximum Gasteiger partial charge on any atom is 0.255 e. The van der Waals surface area contributed by atoms with Gasteiger partial charge in [-0.15, -0.1) is 0 Å². The molecule has 7 atom stereocenters. The van der Waals surface area contributed by atoms with Gasteiger partial charge in [0.05, 0.1) is 17.7 Å². The van der Waals surface area contributed by atoms with Crippen LogP contribution in [-0.2, 0) is 14.4 Å². The summed E-state index contributed by atoms with van der Waals surface area (Å²) in [6, 6.07) is 3.12. The molecule has 1 aromatic carbocycles. The van der Waals surface area contributed by atoms with E-state index in [-0.39, 0.29) is 34.3 Å². The molecule has 0 radical (unpaired) electrons. The SMILES string of the molecule is CC(C1CC1)C1C2C(=C(O)c3c(O)cccc3C2O)C(=O)C2(O)C(O)=C(C(N)=O)C(=O)C(N(C)C)C12. The molecule has 192 valence electrons. The van der Waals surface area contributed by atoms with Crippen LogP contribution in [0, 0.1) is 29.6 Å². The van der Waals surface area contributed by atoms with Crippen LogP contribution in [0.2, 0.25) is 0 Å². The maximum atomic E-state index is 14.1. The fraction of sp³-hybridized carbons (Fsp3) is 0.500. The van der Waals surface area contributed by atoms with E-state index in [0.29, 0.717) is 0 Å². The fourth-order valence-electron chi connectivity index (χ4n) is 6.93. The molecule has 2 saturated carbocycles. The first-order valence-electron chi connectivity index (χ1n) is 12.0. The number of aliphatic hydroxyl groups excluding tert-OH is 3. The number of likely N-dealkylation sites (N-methyl/N-ethyl adjacent to an activating group) is 1. The Balaban J connectivity index is 1.87. The molecule has 1 aromatic rings. The van der Waals surface area contributed by atoms with Crippen LogP contribution < -0.4 is 5.73 Å². The number of Topliss-reactive ketones (excluding diaryl/α,β-unsaturated/α-hetero) is 2. The van der Waals surface area contributed by atoms with Crippen LogP contribution in [0.5, 0.6) is 5.75 Å². The average molecular weight is 499 g/mol. The van der Waals surface area contributed by atoms with Crippen molar-refractivity contribution in [1.82, 2.24) is 4.90 Å². The first kappa shape index (κ1) is 24.5. The molecule has 0 aliphatic heterocycles. The summed E-state index contributed by atoms with van der Waals surface area (Å²) in [5.41, 5.74) is 1.50. The highest BCUT2D eigenvalue weighted by Crippen LogP contribution is 2.61. The second-order valence-electron chi connectivity index (χ2n) is 10.7. The van der Waals surface area contributed by atoms with Gasteiger partial charge in [0.1, 0.15) is 22.8 Å². The number of carbonyl (C=O) groups excluding carboxylic acids is 3. The Morgan fingerprint density at radius 3 is 2.36 bits per heavy atom. The number of primary amides is 1. The number of phenolic OH excluding ortho intramolecular Hbond substituents is 1. The standard InChI is InChI=1S/C26H30N2O8/c1-9(10-7-8-10)13-15-16(21(31)14-11(20(15)30)5-4-6-12(14)29)23(33)26(36)18(13)19(28(2)3)22(32)17(24(26)34)25(27)35/h4-6,9-10,13,15,18-20,29-31,34,36H,7-8H2,1-3H3,(H2,27,35). The van der Waals surface area contributed by atoms with Crippen LogP contribution >= 0.6 is 0 Å². The summed E-state index contributed by atoms with van der Waals surface area (Å²) in [5, 5.41) is 56.5. The van der Waals surface area contributed by atoms with E-state index in [9.17, 15) is 39.9 Å². The van der Waals surface area contributed by atoms with Crippen LogP contribution in [0.15, 0.2) is 35.1 Å². The summed E-state index contributed by atoms with van der Waals surface area (Å²) < 4.78 is 0. The Labute approximate surface area is 207 Å². The highest BCUT2D eigenvalue weighted by Gasteiger charge is 2.69. The molecule has 2 fully saturated rings. The lowest BCUT2D eigenvalue weighted by molar-refractivity contribution is -0.168. The maximum absolute atomic E-state index is 14.1. The molecule has 36 heavy (non-hydrogen) atoms. The second kappa shape index (κ2) is 7.89. The molecule has 4 aliphatic rings. The van der Waals surface area contributed by atoms with Crippen LogP contribution in [0.3, 0.4) is 0 Å². The summed E-state index contributed by atoms with van der Waals surface area (Å²) in [6.45, 7) is 1.90. The number of hydrogen-bond acceptors (Lipinski definition) is 9. The first-order chi connectivity index (χ1) is 16.8. The second-order valence-corrected chi connectivity index (χ2v) is 10.7. The number of hydrogen-bond donors (Lipinski definition) is 6. The molecule has 0 aromatic heterocycles. The lowest BCUT2D eigenvalue weighted by atomic mass is 9.49. The highest BCUT2D eigenvalue weighted by molar-refractivity contribution is 6.24. The van der Waals surface area contributed by atoms with Crippen molar-refractivity contribution in [2.75, 3.05) is 14.1 Å². The number of aliphatic hydroxyl groups is 4. The van der Waals surface area contributed by atoms with Gasteiger partial charge in [-0.05, 0) is 56.3 Å². The van der Waals surface area contributed by atoms with Crippen molar-refractivity contribution in [3.8, 4) is 5.75 Å². The molecular weight excluding hydrogens is 468 g/mol. The Hall–Kier alpha value is -3.21. The third-order valence-corrected chi connectivity index (χ3v) is 8.69. The zero-order valence-electron chi connectivity index (χ0n) is 20.2. The van der Waals surface area contributed by atoms with Crippen molar-refractivity contribution in [3.63, 3.8) is 0 Å². The number of rotatable bonds is 4. The summed E-state index contributed by atoms with van der Waals surface area (Å²) >= 11 is 0. The van der Waals surface area contributed by atoms with Gasteiger partial charge in [0.15, 0.2) is 11.4 Å². The number of benzene rings is 1. The molecule has 0 saturated heterocycles. The molecule has 4 aliphatic carbocycles. The van der Waals surface area contributed by atoms with Gasteiger partial charge < -0.3 is 31.3 Å². The lowest BCUT2D eigenvalue weighted by Crippen LogP contribution is -2.69. The van der Waals surface area contributed by atoms with Crippen molar-refractivity contribution in [2.45, 2.75) is 37.5 Å². The minimum Gasteiger partial charge on any atom is -0.508 e. The van der Waals surface area contributed by atoms with Gasteiger partial charge in [0, 0.05) is 17.4 Å². The van der Waals surface area contributed by atoms with Crippen LogP contribution in [0.25, 0.3) is 5.76 Å². The zero-order valence-corrected chi connectivity index (χ0v) is 20.2. The number of aromatic hydroxyl groups is 1. The minimum absolute atomic E-state index is 0.140. The van der Waals surface area contributed by atoms with Crippen LogP contribution in [0.1, 0.15) is 37.0 Å². The normalized spacial score (nSPS) is 34.9. The molecule has 5 rings (SSSR count). The van der Waals surface area contributed by atoms with Gasteiger partial charge in [-0.25, -0.2) is 0 Å². The van der Waals surface area contributed by atoms with Crippen molar-refractivity contribution in [1.29, 1.82) is 0 Å². The molecule has 10 heteroatoms. The van der Waals surface area contributed by atoms with E-state index in [0.717, 1.165) is 12.8 Å². The van der Waals surface area contributed by atoms with Crippen molar-refractivity contribution < 1.29 is 39.9 Å². The lowest BCUT2D eigenvalue weighted by Gasteiger charge is -2.56. The number of nitrogens with two attached hydrogens (primary N) is 1. The van der Waals surface area contributed by atoms with E-state index in [1.807, 2.05) is 6.92 Å². The highest BCUT2D eigenvalue weighted by atomic mass is 16.3. The Bertz CT molecular complexity index is 1260. The molecule has 7 N–H and O–H groups in total. The van der Waals surface area contributed by atoms with Crippen molar-refractivity contribution >= 4 is 23.2 Å². The monoisotopic (exact) mass is 498 g/mol. The average Bonchev–Trinajstić information content (AvgIpc) is 3.64. The number of phenols is 1. The van der Waals surface area contributed by atoms with E-state index < -0.39 is 70.1 Å². The smallest absolute Gasteiger partial charge is 0.255 e. The fourth-order valence-corrected chi connectivity index (χ4v) is 6.93. The largest absolute Gasteiger partial charge is 0.508 e. The van der Waals surface area contributed by atoms with Gasteiger partial charge in [-0.3, -0.25) is 19.3 Å². The van der Waals surface area contributed by atoms with E-state index in [1.54, 1.807) is 14.1 Å². The number of ketones is 2. The minimum atomic E-state index is -2.76. The predicted molar refractivity (Wildman–Crippen MR) is 126 cm³/mol. The number of carbonyl (C=O) groups is 3. The quantitative estimate of drug-likeness (QED) is 0.326. The Morgan fingerprint density at radius 1 is 1.17 bits per heavy atom. The molecule has 10 nitrogen and oxygen atoms in total. The van der Waals surface area contributed by atoms with Gasteiger partial charge in [0.2, 0.25) is 5.78 Å². The third kappa shape index (κ3) is 2.98. The molecule has 0 heterocycles. The summed E-state index contributed by atoms with van der Waals surface area (Å²) in [4.78, 5) is 41.2. The van der Waals surface area contributed by atoms with Crippen LogP contribution in [0.4, 0.5) is 0 Å². The topological polar surface area (TPSA) is 182 Å². The van der Waals surface area contributed by atoms with E-state index in [4.69, 9.17) is 5.73 Å². The van der Waals surface area contributed by atoms with Crippen LogP contribution in [-0.4, -0.2) is 73.6 Å². The van der Waals surface area contributed by atoms with E-state index in [2.05, 4.69) is 0 Å². The molecule has 1 amide bonds. The van der Waals surface area contributed by atoms with Gasteiger partial charge >= 0.3 is 0 Å². The first-order valence-corrected chi connectivity index (χ1v) is 12.0. The molecule has 0 spiro atoms. The van der Waals surface area contributed by atoms with E-state index in [1.165, 1.54) is 23.1 Å². The summed E-state index contributed by atoms with van der Waals surface area (Å²) in [6.07, 6.45) is 0.396. The number of amides is 1. The van der Waals surface area contributed by atoms with Crippen molar-refractivity contribution in [2.24, 2.45) is 35.3 Å².